The predicted octanol–water partition coefficient (Wildman–Crippen LogP) is 4.86. The van der Waals surface area contributed by atoms with Gasteiger partial charge in [0.1, 0.15) is 0 Å². The van der Waals surface area contributed by atoms with Gasteiger partial charge >= 0.3 is 14.8 Å². The first-order valence-corrected chi connectivity index (χ1v) is 12.3. The molecule has 0 fully saturated rings. The van der Waals surface area contributed by atoms with Crippen LogP contribution in [0.2, 0.25) is 6.04 Å². The topological polar surface area (TPSA) is 63.2 Å². The van der Waals surface area contributed by atoms with Crippen LogP contribution in [-0.4, -0.2) is 48.0 Å². The van der Waals surface area contributed by atoms with E-state index in [2.05, 4.69) is 27.4 Å². The maximum Gasteiger partial charge on any atom is 0.501 e. The molecule has 0 saturated carbocycles. The molecule has 0 bridgehead atoms. The Hall–Kier alpha value is -0.733. The van der Waals surface area contributed by atoms with Gasteiger partial charge in [-0.15, -0.1) is 0 Å². The molecule has 0 N–H and O–H groups in total. The van der Waals surface area contributed by atoms with E-state index in [1.54, 1.807) is 6.92 Å². The normalized spacial score (nSPS) is 11.6. The predicted molar refractivity (Wildman–Crippen MR) is 109 cm³/mol. The molecule has 0 aliphatic rings. The zero-order chi connectivity index (χ0) is 20.4. The highest BCUT2D eigenvalue weighted by Gasteiger charge is 2.40. The van der Waals surface area contributed by atoms with Gasteiger partial charge in [-0.1, -0.05) is 46.6 Å². The van der Waals surface area contributed by atoms with Crippen LogP contribution >= 0.6 is 0 Å². The average Bonchev–Trinajstić information content (AvgIpc) is 2.64. The first kappa shape index (κ1) is 26.3. The minimum atomic E-state index is -2.71. The molecule has 0 aromatic carbocycles. The highest BCUT2D eigenvalue weighted by molar-refractivity contribution is 6.60. The van der Waals surface area contributed by atoms with E-state index < -0.39 is 14.8 Å². The first-order chi connectivity index (χ1) is 13.0. The van der Waals surface area contributed by atoms with Crippen molar-refractivity contribution < 1.29 is 27.5 Å². The molecule has 6 nitrogen and oxygen atoms in total. The van der Waals surface area contributed by atoms with Crippen LogP contribution in [0.3, 0.4) is 0 Å². The van der Waals surface area contributed by atoms with Crippen molar-refractivity contribution in [3.05, 3.63) is 12.2 Å². The Morgan fingerprint density at radius 3 is 1.70 bits per heavy atom. The summed E-state index contributed by atoms with van der Waals surface area (Å²) in [4.78, 5) is 11.3. The zero-order valence-electron chi connectivity index (χ0n) is 17.8. The van der Waals surface area contributed by atoms with Gasteiger partial charge in [0.05, 0.1) is 6.61 Å². The van der Waals surface area contributed by atoms with E-state index in [9.17, 15) is 4.79 Å². The highest BCUT2D eigenvalue weighted by Crippen LogP contribution is 2.20. The van der Waals surface area contributed by atoms with Gasteiger partial charge < -0.3 is 22.8 Å². The van der Waals surface area contributed by atoms with Crippen molar-refractivity contribution in [2.24, 2.45) is 0 Å². The monoisotopic (exact) mass is 404 g/mol. The lowest BCUT2D eigenvalue weighted by Crippen LogP contribution is -2.46. The lowest BCUT2D eigenvalue weighted by molar-refractivity contribution is -0.151. The molecular formula is C20H40O6Si. The van der Waals surface area contributed by atoms with Crippen LogP contribution in [0.1, 0.15) is 72.6 Å². The average molecular weight is 405 g/mol. The van der Waals surface area contributed by atoms with Crippen LogP contribution in [0.25, 0.3) is 0 Å². The molecule has 0 radical (unpaired) electrons. The van der Waals surface area contributed by atoms with E-state index in [1.165, 1.54) is 0 Å². The van der Waals surface area contributed by atoms with Crippen molar-refractivity contribution in [3.8, 4) is 0 Å². The summed E-state index contributed by atoms with van der Waals surface area (Å²) in [5.74, 6) is -0.438. The lowest BCUT2D eigenvalue weighted by atomic mass is 10.4. The lowest BCUT2D eigenvalue weighted by Gasteiger charge is -2.30. The van der Waals surface area contributed by atoms with E-state index in [0.717, 1.165) is 44.9 Å². The number of unbranched alkanes of at least 4 members (excludes halogenated alkanes) is 3. The highest BCUT2D eigenvalue weighted by atomic mass is 28.4. The van der Waals surface area contributed by atoms with Crippen molar-refractivity contribution in [2.75, 3.05) is 33.2 Å². The molecule has 7 heteroatoms. The Bertz CT molecular complexity index is 362. The van der Waals surface area contributed by atoms with Crippen LogP contribution in [0, 0.1) is 0 Å². The Morgan fingerprint density at radius 2 is 1.30 bits per heavy atom. The maximum atomic E-state index is 11.3. The van der Waals surface area contributed by atoms with Crippen molar-refractivity contribution in [1.29, 1.82) is 0 Å². The van der Waals surface area contributed by atoms with E-state index in [0.29, 0.717) is 38.0 Å². The third-order valence-electron chi connectivity index (χ3n) is 3.85. The zero-order valence-corrected chi connectivity index (χ0v) is 18.8. The standard InChI is InChI=1S/C20H40O6Si/c1-6-9-14-24-27(25-15-10-7-2,26-16-11-8-3)17-12-13-22-18-23-20(21)19(4)5/h4,6-18H2,1-3,5H3. The number of carbonyl (C=O) groups is 1. The quantitative estimate of drug-likeness (QED) is 0.101. The van der Waals surface area contributed by atoms with E-state index >= 15 is 0 Å². The minimum Gasteiger partial charge on any atom is -0.435 e. The van der Waals surface area contributed by atoms with E-state index in [-0.39, 0.29) is 6.79 Å². The van der Waals surface area contributed by atoms with Crippen molar-refractivity contribution in [2.45, 2.75) is 78.7 Å². The van der Waals surface area contributed by atoms with Crippen molar-refractivity contribution in [1.82, 2.24) is 0 Å². The molecular weight excluding hydrogens is 364 g/mol. The summed E-state index contributed by atoms with van der Waals surface area (Å²) in [6, 6.07) is 0.707. The fraction of sp³-hybridized carbons (Fsp3) is 0.850. The fourth-order valence-corrected chi connectivity index (χ4v) is 4.75. The molecule has 27 heavy (non-hydrogen) atoms. The molecule has 0 spiro atoms. The van der Waals surface area contributed by atoms with E-state index in [4.69, 9.17) is 22.8 Å². The van der Waals surface area contributed by atoms with Gasteiger partial charge in [0.15, 0.2) is 6.79 Å². The second-order valence-electron chi connectivity index (χ2n) is 6.63. The second-order valence-corrected chi connectivity index (χ2v) is 9.36. The van der Waals surface area contributed by atoms with Crippen LogP contribution in [0.15, 0.2) is 12.2 Å². The second kappa shape index (κ2) is 17.4. The molecule has 0 heterocycles. The van der Waals surface area contributed by atoms with Gasteiger partial charge in [0.2, 0.25) is 0 Å². The largest absolute Gasteiger partial charge is 0.501 e. The first-order valence-electron chi connectivity index (χ1n) is 10.3. The van der Waals surface area contributed by atoms with Gasteiger partial charge in [-0.25, -0.2) is 4.79 Å². The number of carbonyl (C=O) groups excluding carboxylic acids is 1. The summed E-state index contributed by atoms with van der Waals surface area (Å²) in [6.07, 6.45) is 6.95. The molecule has 0 saturated heterocycles. The van der Waals surface area contributed by atoms with Crippen LogP contribution in [0.5, 0.6) is 0 Å². The minimum absolute atomic E-state index is 0.0652. The SMILES string of the molecule is C=C(C)C(=O)OCOCCC[Si](OCCCC)(OCCCC)OCCCC. The summed E-state index contributed by atoms with van der Waals surface area (Å²) >= 11 is 0. The Labute approximate surface area is 166 Å². The van der Waals surface area contributed by atoms with Crippen molar-refractivity contribution >= 4 is 14.8 Å². The third-order valence-corrected chi connectivity index (χ3v) is 6.75. The summed E-state index contributed by atoms with van der Waals surface area (Å²) in [5, 5.41) is 0. The smallest absolute Gasteiger partial charge is 0.435 e. The maximum absolute atomic E-state index is 11.3. The number of rotatable bonds is 19. The number of hydrogen-bond acceptors (Lipinski definition) is 6. The Balaban J connectivity index is 4.51. The summed E-state index contributed by atoms with van der Waals surface area (Å²) in [5.41, 5.74) is 0.364. The number of esters is 1. The fourth-order valence-electron chi connectivity index (χ4n) is 2.13. The Kier molecular flexibility index (Phi) is 16.9. The molecule has 0 atom stereocenters. The molecule has 0 rings (SSSR count). The summed E-state index contributed by atoms with van der Waals surface area (Å²) in [6.45, 7) is 14.0. The number of ether oxygens (including phenoxy) is 2. The molecule has 0 amide bonds. The van der Waals surface area contributed by atoms with Crippen molar-refractivity contribution in [3.63, 3.8) is 0 Å². The molecule has 0 aromatic heterocycles. The van der Waals surface area contributed by atoms with Gasteiger partial charge in [0.25, 0.3) is 0 Å². The van der Waals surface area contributed by atoms with Crippen LogP contribution in [-0.2, 0) is 27.5 Å². The van der Waals surface area contributed by atoms with Gasteiger partial charge in [-0.3, -0.25) is 0 Å². The third kappa shape index (κ3) is 14.0. The molecule has 0 aliphatic carbocycles. The molecule has 0 unspecified atom stereocenters. The Morgan fingerprint density at radius 1 is 0.815 bits per heavy atom. The van der Waals surface area contributed by atoms with Gasteiger partial charge in [0, 0.05) is 31.4 Å². The molecule has 0 aliphatic heterocycles. The molecule has 160 valence electrons. The van der Waals surface area contributed by atoms with Gasteiger partial charge in [-0.2, -0.15) is 0 Å². The van der Waals surface area contributed by atoms with Gasteiger partial charge in [-0.05, 0) is 32.6 Å². The number of hydrogen-bond donors (Lipinski definition) is 0. The van der Waals surface area contributed by atoms with Crippen LogP contribution < -0.4 is 0 Å². The van der Waals surface area contributed by atoms with Crippen LogP contribution in [0.4, 0.5) is 0 Å². The molecule has 0 aromatic rings. The summed E-state index contributed by atoms with van der Waals surface area (Å²) in [7, 11) is -2.71. The summed E-state index contributed by atoms with van der Waals surface area (Å²) < 4.78 is 28.9. The van der Waals surface area contributed by atoms with E-state index in [1.807, 2.05) is 0 Å².